The molecule has 92 valence electrons. The summed E-state index contributed by atoms with van der Waals surface area (Å²) in [6.45, 7) is 6.69. The molecule has 0 radical (unpaired) electrons. The zero-order chi connectivity index (χ0) is 12.3. The summed E-state index contributed by atoms with van der Waals surface area (Å²) in [5.41, 5.74) is -0.171. The third-order valence-electron chi connectivity index (χ3n) is 3.05. The number of amides is 2. The molecule has 0 saturated carbocycles. The van der Waals surface area contributed by atoms with Crippen LogP contribution in [0.1, 0.15) is 40.0 Å². The molecule has 0 aliphatic carbocycles. The van der Waals surface area contributed by atoms with E-state index in [2.05, 4.69) is 12.2 Å². The van der Waals surface area contributed by atoms with E-state index in [-0.39, 0.29) is 23.3 Å². The van der Waals surface area contributed by atoms with Gasteiger partial charge >= 0.3 is 0 Å². The zero-order valence-corrected chi connectivity index (χ0v) is 10.7. The molecule has 1 atom stereocenters. The van der Waals surface area contributed by atoms with E-state index in [1.165, 1.54) is 0 Å². The van der Waals surface area contributed by atoms with Gasteiger partial charge in [0.2, 0.25) is 11.8 Å². The molecule has 1 saturated heterocycles. The van der Waals surface area contributed by atoms with Gasteiger partial charge in [0.25, 0.3) is 0 Å². The largest absolute Gasteiger partial charge is 0.351 e. The highest BCUT2D eigenvalue weighted by molar-refractivity contribution is 5.89. The fraction of sp³-hybridized carbons (Fsp3) is 0.833. The number of nitrogens with one attached hydrogen (secondary N) is 1. The fourth-order valence-corrected chi connectivity index (χ4v) is 2.16. The van der Waals surface area contributed by atoms with Crippen LogP contribution in [-0.4, -0.2) is 35.8 Å². The molecule has 1 fully saturated rings. The van der Waals surface area contributed by atoms with Crippen LogP contribution in [0.3, 0.4) is 0 Å². The molecule has 1 aliphatic rings. The minimum atomic E-state index is -0.173. The summed E-state index contributed by atoms with van der Waals surface area (Å²) in [4.78, 5) is 24.9. The molecule has 2 amide bonds. The summed E-state index contributed by atoms with van der Waals surface area (Å²) >= 11 is 0. The molecule has 16 heavy (non-hydrogen) atoms. The lowest BCUT2D eigenvalue weighted by Crippen LogP contribution is -2.46. The molecule has 0 spiro atoms. The molecule has 1 heterocycles. The predicted molar refractivity (Wildman–Crippen MR) is 62.9 cm³/mol. The Morgan fingerprint density at radius 3 is 2.62 bits per heavy atom. The molecule has 4 nitrogen and oxygen atoms in total. The van der Waals surface area contributed by atoms with E-state index < -0.39 is 0 Å². The van der Waals surface area contributed by atoms with Crippen molar-refractivity contribution in [2.75, 3.05) is 13.6 Å². The van der Waals surface area contributed by atoms with E-state index >= 15 is 0 Å². The highest BCUT2D eigenvalue weighted by atomic mass is 16.2. The fourth-order valence-electron chi connectivity index (χ4n) is 2.16. The number of hydrogen-bond acceptors (Lipinski definition) is 2. The molecule has 1 rings (SSSR count). The van der Waals surface area contributed by atoms with Crippen molar-refractivity contribution in [1.29, 1.82) is 0 Å². The van der Waals surface area contributed by atoms with Crippen LogP contribution in [0, 0.1) is 5.92 Å². The minimum absolute atomic E-state index is 0.0103. The second-order valence-electron chi connectivity index (χ2n) is 5.30. The van der Waals surface area contributed by atoms with E-state index in [0.717, 1.165) is 12.8 Å². The Morgan fingerprint density at radius 1 is 1.56 bits per heavy atom. The maximum Gasteiger partial charge on any atom is 0.225 e. The van der Waals surface area contributed by atoms with Crippen molar-refractivity contribution in [2.24, 2.45) is 5.92 Å². The molecule has 0 aromatic heterocycles. The number of rotatable bonds is 4. The first kappa shape index (κ1) is 13.0. The van der Waals surface area contributed by atoms with Crippen molar-refractivity contribution in [3.63, 3.8) is 0 Å². The Hall–Kier alpha value is -1.06. The topological polar surface area (TPSA) is 49.4 Å². The van der Waals surface area contributed by atoms with Gasteiger partial charge in [0.05, 0.1) is 5.92 Å². The van der Waals surface area contributed by atoms with E-state index in [0.29, 0.717) is 13.0 Å². The predicted octanol–water partition coefficient (Wildman–Crippen LogP) is 1.16. The third kappa shape index (κ3) is 3.22. The van der Waals surface area contributed by atoms with Gasteiger partial charge in [-0.3, -0.25) is 9.59 Å². The van der Waals surface area contributed by atoms with Gasteiger partial charge in [0.15, 0.2) is 0 Å². The highest BCUT2D eigenvalue weighted by Crippen LogP contribution is 2.18. The van der Waals surface area contributed by atoms with Crippen LogP contribution in [0.4, 0.5) is 0 Å². The first-order valence-electron chi connectivity index (χ1n) is 5.91. The quantitative estimate of drug-likeness (QED) is 0.782. The highest BCUT2D eigenvalue weighted by Gasteiger charge is 2.34. The van der Waals surface area contributed by atoms with Gasteiger partial charge in [0.1, 0.15) is 0 Å². The van der Waals surface area contributed by atoms with Crippen LogP contribution >= 0.6 is 0 Å². The molecular weight excluding hydrogens is 204 g/mol. The van der Waals surface area contributed by atoms with Gasteiger partial charge in [-0.15, -0.1) is 0 Å². The van der Waals surface area contributed by atoms with Crippen LogP contribution in [0.25, 0.3) is 0 Å². The lowest BCUT2D eigenvalue weighted by atomic mass is 9.97. The maximum absolute atomic E-state index is 11.9. The van der Waals surface area contributed by atoms with Gasteiger partial charge in [-0.05, 0) is 20.3 Å². The van der Waals surface area contributed by atoms with Crippen molar-refractivity contribution in [2.45, 2.75) is 45.6 Å². The van der Waals surface area contributed by atoms with Crippen LogP contribution in [0.5, 0.6) is 0 Å². The SMILES string of the molecule is CCCC(C)(C)NC(=O)[C@H]1CC(=O)N(C)C1. The molecule has 0 bridgehead atoms. The zero-order valence-electron chi connectivity index (χ0n) is 10.7. The summed E-state index contributed by atoms with van der Waals surface area (Å²) < 4.78 is 0. The Morgan fingerprint density at radius 2 is 2.19 bits per heavy atom. The van der Waals surface area contributed by atoms with Crippen molar-refractivity contribution >= 4 is 11.8 Å². The molecule has 0 aromatic carbocycles. The van der Waals surface area contributed by atoms with E-state index in [9.17, 15) is 9.59 Å². The van der Waals surface area contributed by atoms with E-state index in [4.69, 9.17) is 0 Å². The lowest BCUT2D eigenvalue weighted by molar-refractivity contribution is -0.129. The molecular formula is C12H22N2O2. The number of likely N-dealkylation sites (tertiary alicyclic amines) is 1. The van der Waals surface area contributed by atoms with Crippen molar-refractivity contribution in [1.82, 2.24) is 10.2 Å². The van der Waals surface area contributed by atoms with Crippen molar-refractivity contribution < 1.29 is 9.59 Å². The number of carbonyl (C=O) groups excluding carboxylic acids is 2. The average Bonchev–Trinajstić information content (AvgIpc) is 2.46. The summed E-state index contributed by atoms with van der Waals surface area (Å²) in [6, 6.07) is 0. The Balaban J connectivity index is 2.50. The lowest BCUT2D eigenvalue weighted by Gasteiger charge is -2.27. The normalized spacial score (nSPS) is 21.4. The minimum Gasteiger partial charge on any atom is -0.351 e. The molecule has 0 aromatic rings. The van der Waals surface area contributed by atoms with Crippen LogP contribution in [0.15, 0.2) is 0 Å². The maximum atomic E-state index is 11.9. The average molecular weight is 226 g/mol. The summed E-state index contributed by atoms with van der Waals surface area (Å²) in [5.74, 6) is -0.0989. The summed E-state index contributed by atoms with van der Waals surface area (Å²) in [6.07, 6.45) is 2.34. The van der Waals surface area contributed by atoms with Gasteiger partial charge < -0.3 is 10.2 Å². The Labute approximate surface area is 97.4 Å². The second-order valence-corrected chi connectivity index (χ2v) is 5.30. The van der Waals surface area contributed by atoms with Gasteiger partial charge in [-0.25, -0.2) is 0 Å². The Bertz CT molecular complexity index is 287. The molecule has 1 aliphatic heterocycles. The van der Waals surface area contributed by atoms with Crippen molar-refractivity contribution in [3.05, 3.63) is 0 Å². The second kappa shape index (κ2) is 4.85. The molecule has 0 unspecified atom stereocenters. The number of hydrogen-bond donors (Lipinski definition) is 1. The Kier molecular flexibility index (Phi) is 3.94. The van der Waals surface area contributed by atoms with E-state index in [1.54, 1.807) is 11.9 Å². The van der Waals surface area contributed by atoms with Crippen molar-refractivity contribution in [3.8, 4) is 0 Å². The van der Waals surface area contributed by atoms with Crippen LogP contribution in [0.2, 0.25) is 0 Å². The smallest absolute Gasteiger partial charge is 0.225 e. The van der Waals surface area contributed by atoms with Crippen LogP contribution < -0.4 is 5.32 Å². The first-order valence-corrected chi connectivity index (χ1v) is 5.91. The summed E-state index contributed by atoms with van der Waals surface area (Å²) in [7, 11) is 1.74. The molecule has 4 heteroatoms. The standard InChI is InChI=1S/C12H22N2O2/c1-5-6-12(2,3)13-11(16)9-7-10(15)14(4)8-9/h9H,5-8H2,1-4H3,(H,13,16)/t9-/m0/s1. The van der Waals surface area contributed by atoms with Gasteiger partial charge in [-0.2, -0.15) is 0 Å². The third-order valence-corrected chi connectivity index (χ3v) is 3.05. The summed E-state index contributed by atoms with van der Waals surface area (Å²) in [5, 5.41) is 3.02. The number of carbonyl (C=O) groups is 2. The van der Waals surface area contributed by atoms with E-state index in [1.807, 2.05) is 13.8 Å². The monoisotopic (exact) mass is 226 g/mol. The van der Waals surface area contributed by atoms with Gasteiger partial charge in [0, 0.05) is 25.6 Å². The first-order chi connectivity index (χ1) is 7.35. The van der Waals surface area contributed by atoms with Crippen LogP contribution in [-0.2, 0) is 9.59 Å². The molecule has 1 N–H and O–H groups in total. The van der Waals surface area contributed by atoms with Gasteiger partial charge in [-0.1, -0.05) is 13.3 Å². The number of nitrogens with zero attached hydrogens (tertiary/aromatic N) is 1.